The zero-order chi connectivity index (χ0) is 13.2. The number of phenols is 1. The molecular formula is C12H10ClNO3S. The number of phenolic OH excluding ortho intramolecular Hbond substituents is 1. The van der Waals surface area contributed by atoms with Crippen molar-refractivity contribution in [2.75, 3.05) is 4.72 Å². The minimum Gasteiger partial charge on any atom is -0.507 e. The van der Waals surface area contributed by atoms with Crippen molar-refractivity contribution in [2.24, 2.45) is 0 Å². The summed E-state index contributed by atoms with van der Waals surface area (Å²) in [6.45, 7) is 0. The van der Waals surface area contributed by atoms with Gasteiger partial charge in [0.2, 0.25) is 0 Å². The second kappa shape index (κ2) is 4.88. The highest BCUT2D eigenvalue weighted by molar-refractivity contribution is 7.92. The molecule has 0 fully saturated rings. The number of sulfonamides is 1. The van der Waals surface area contributed by atoms with Crippen LogP contribution in [-0.4, -0.2) is 13.5 Å². The van der Waals surface area contributed by atoms with E-state index in [-0.39, 0.29) is 10.6 Å². The van der Waals surface area contributed by atoms with E-state index in [2.05, 4.69) is 4.72 Å². The Bertz CT molecular complexity index is 653. The Morgan fingerprint density at radius 2 is 1.61 bits per heavy atom. The molecule has 0 saturated carbocycles. The van der Waals surface area contributed by atoms with Crippen LogP contribution in [0.2, 0.25) is 5.02 Å². The molecule has 0 radical (unpaired) electrons. The molecule has 2 aromatic rings. The number of hydrogen-bond donors (Lipinski definition) is 2. The van der Waals surface area contributed by atoms with E-state index in [0.29, 0.717) is 10.7 Å². The molecule has 0 aromatic heterocycles. The summed E-state index contributed by atoms with van der Waals surface area (Å²) in [6.07, 6.45) is 0. The van der Waals surface area contributed by atoms with E-state index in [9.17, 15) is 13.5 Å². The molecule has 2 rings (SSSR count). The summed E-state index contributed by atoms with van der Waals surface area (Å²) in [6, 6.07) is 12.0. The van der Waals surface area contributed by atoms with Crippen LogP contribution in [0, 0.1) is 0 Å². The minimum absolute atomic E-state index is 0.167. The second-order valence-corrected chi connectivity index (χ2v) is 5.67. The maximum absolute atomic E-state index is 12.0. The molecule has 0 aliphatic carbocycles. The molecule has 0 heterocycles. The fourth-order valence-electron chi connectivity index (χ4n) is 1.41. The minimum atomic E-state index is -3.80. The third-order valence-electron chi connectivity index (χ3n) is 2.25. The van der Waals surface area contributed by atoms with Gasteiger partial charge in [0, 0.05) is 10.7 Å². The monoisotopic (exact) mass is 283 g/mol. The molecule has 2 aromatic carbocycles. The number of halogens is 1. The number of para-hydroxylation sites is 1. The molecule has 0 amide bonds. The first-order valence-electron chi connectivity index (χ1n) is 5.05. The quantitative estimate of drug-likeness (QED) is 0.910. The Kier molecular flexibility index (Phi) is 3.45. The number of benzene rings is 2. The molecule has 6 heteroatoms. The summed E-state index contributed by atoms with van der Waals surface area (Å²) in [5, 5.41) is 10.0. The van der Waals surface area contributed by atoms with Crippen molar-refractivity contribution in [3.05, 3.63) is 53.6 Å². The fraction of sp³-hybridized carbons (Fsp3) is 0. The van der Waals surface area contributed by atoms with Gasteiger partial charge in [-0.2, -0.15) is 0 Å². The first kappa shape index (κ1) is 12.7. The van der Waals surface area contributed by atoms with Crippen LogP contribution in [0.25, 0.3) is 0 Å². The predicted octanol–water partition coefficient (Wildman–Crippen LogP) is 2.85. The van der Waals surface area contributed by atoms with E-state index < -0.39 is 10.0 Å². The molecule has 0 saturated heterocycles. The average Bonchev–Trinajstić information content (AvgIpc) is 2.32. The number of hydrogen-bond acceptors (Lipinski definition) is 3. The standard InChI is InChI=1S/C12H10ClNO3S/c13-9-5-7-10(8-6-9)14-18(16,17)12-4-2-1-3-11(12)15/h1-8,14-15H. The number of rotatable bonds is 3. The summed E-state index contributed by atoms with van der Waals surface area (Å²) in [5.41, 5.74) is 0.377. The van der Waals surface area contributed by atoms with E-state index in [1.54, 1.807) is 30.3 Å². The molecule has 4 nitrogen and oxygen atoms in total. The van der Waals surface area contributed by atoms with E-state index in [1.165, 1.54) is 18.2 Å². The van der Waals surface area contributed by atoms with Crippen LogP contribution >= 0.6 is 11.6 Å². The summed E-state index contributed by atoms with van der Waals surface area (Å²) in [5.74, 6) is -0.293. The van der Waals surface area contributed by atoms with Crippen molar-refractivity contribution in [3.8, 4) is 5.75 Å². The number of anilines is 1. The van der Waals surface area contributed by atoms with Crippen molar-refractivity contribution in [1.29, 1.82) is 0 Å². The molecule has 94 valence electrons. The number of nitrogens with one attached hydrogen (secondary N) is 1. The summed E-state index contributed by atoms with van der Waals surface area (Å²) >= 11 is 5.71. The van der Waals surface area contributed by atoms with E-state index in [0.717, 1.165) is 0 Å². The largest absolute Gasteiger partial charge is 0.507 e. The molecule has 2 N–H and O–H groups in total. The van der Waals surface area contributed by atoms with Gasteiger partial charge in [-0.1, -0.05) is 23.7 Å². The Hall–Kier alpha value is -1.72. The van der Waals surface area contributed by atoms with Crippen molar-refractivity contribution < 1.29 is 13.5 Å². The Labute approximate surface area is 110 Å². The van der Waals surface area contributed by atoms with Crippen LogP contribution in [0.3, 0.4) is 0 Å². The number of aromatic hydroxyl groups is 1. The van der Waals surface area contributed by atoms with Gasteiger partial charge in [-0.3, -0.25) is 4.72 Å². The molecule has 0 bridgehead atoms. The van der Waals surface area contributed by atoms with Gasteiger partial charge in [-0.25, -0.2) is 8.42 Å². The van der Waals surface area contributed by atoms with Crippen LogP contribution in [-0.2, 0) is 10.0 Å². The van der Waals surface area contributed by atoms with Gasteiger partial charge in [0.05, 0.1) is 0 Å². The highest BCUT2D eigenvalue weighted by Crippen LogP contribution is 2.24. The summed E-state index contributed by atoms with van der Waals surface area (Å²) in [4.78, 5) is -0.167. The van der Waals surface area contributed by atoms with Crippen LogP contribution < -0.4 is 4.72 Å². The van der Waals surface area contributed by atoms with Crippen molar-refractivity contribution in [1.82, 2.24) is 0 Å². The summed E-state index contributed by atoms with van der Waals surface area (Å²) < 4.78 is 26.4. The lowest BCUT2D eigenvalue weighted by Gasteiger charge is -2.09. The van der Waals surface area contributed by atoms with E-state index >= 15 is 0 Å². The van der Waals surface area contributed by atoms with E-state index in [4.69, 9.17) is 11.6 Å². The summed E-state index contributed by atoms with van der Waals surface area (Å²) in [7, 11) is -3.80. The topological polar surface area (TPSA) is 66.4 Å². The van der Waals surface area contributed by atoms with Crippen molar-refractivity contribution >= 4 is 27.3 Å². The first-order chi connectivity index (χ1) is 8.49. The van der Waals surface area contributed by atoms with Crippen molar-refractivity contribution in [3.63, 3.8) is 0 Å². The van der Waals surface area contributed by atoms with Crippen LogP contribution in [0.4, 0.5) is 5.69 Å². The molecule has 0 aliphatic rings. The fourth-order valence-corrected chi connectivity index (χ4v) is 2.70. The third kappa shape index (κ3) is 2.75. The highest BCUT2D eigenvalue weighted by Gasteiger charge is 2.17. The van der Waals surface area contributed by atoms with Gasteiger partial charge in [0.15, 0.2) is 0 Å². The lowest BCUT2D eigenvalue weighted by atomic mass is 10.3. The van der Waals surface area contributed by atoms with Crippen LogP contribution in [0.5, 0.6) is 5.75 Å². The predicted molar refractivity (Wildman–Crippen MR) is 70.4 cm³/mol. The zero-order valence-electron chi connectivity index (χ0n) is 9.17. The lowest BCUT2D eigenvalue weighted by Crippen LogP contribution is -2.12. The molecule has 18 heavy (non-hydrogen) atoms. The van der Waals surface area contributed by atoms with Gasteiger partial charge in [-0.15, -0.1) is 0 Å². The molecule has 0 unspecified atom stereocenters. The maximum atomic E-state index is 12.0. The SMILES string of the molecule is O=S(=O)(Nc1ccc(Cl)cc1)c1ccccc1O. The van der Waals surface area contributed by atoms with Crippen LogP contribution in [0.15, 0.2) is 53.4 Å². The van der Waals surface area contributed by atoms with E-state index in [1.807, 2.05) is 0 Å². The van der Waals surface area contributed by atoms with Gasteiger partial charge >= 0.3 is 0 Å². The second-order valence-electron chi connectivity index (χ2n) is 3.58. The smallest absolute Gasteiger partial charge is 0.265 e. The molecule has 0 aliphatic heterocycles. The van der Waals surface area contributed by atoms with Crippen molar-refractivity contribution in [2.45, 2.75) is 4.90 Å². The maximum Gasteiger partial charge on any atom is 0.265 e. The molecule has 0 atom stereocenters. The van der Waals surface area contributed by atoms with Gasteiger partial charge in [0.25, 0.3) is 10.0 Å². The highest BCUT2D eigenvalue weighted by atomic mass is 35.5. The Morgan fingerprint density at radius 3 is 2.22 bits per heavy atom. The Morgan fingerprint density at radius 1 is 1.00 bits per heavy atom. The normalized spacial score (nSPS) is 11.2. The van der Waals surface area contributed by atoms with Gasteiger partial charge < -0.3 is 5.11 Å². The molecule has 0 spiro atoms. The Balaban J connectivity index is 2.33. The lowest BCUT2D eigenvalue weighted by molar-refractivity contribution is 0.459. The zero-order valence-corrected chi connectivity index (χ0v) is 10.7. The average molecular weight is 284 g/mol. The van der Waals surface area contributed by atoms with Crippen LogP contribution in [0.1, 0.15) is 0 Å². The first-order valence-corrected chi connectivity index (χ1v) is 6.91. The van der Waals surface area contributed by atoms with Gasteiger partial charge in [-0.05, 0) is 36.4 Å². The third-order valence-corrected chi connectivity index (χ3v) is 3.93. The molecular weight excluding hydrogens is 274 g/mol. The van der Waals surface area contributed by atoms with Gasteiger partial charge in [0.1, 0.15) is 10.6 Å².